The predicted octanol–water partition coefficient (Wildman–Crippen LogP) is 2.92. The van der Waals surface area contributed by atoms with Crippen LogP contribution in [0, 0.1) is 0 Å². The van der Waals surface area contributed by atoms with Crippen LogP contribution in [0.4, 0.5) is 23.3 Å². The molecule has 138 valence electrons. The number of anilines is 4. The molecule has 27 heavy (non-hydrogen) atoms. The van der Waals surface area contributed by atoms with Crippen molar-refractivity contribution < 1.29 is 0 Å². The second-order valence-corrected chi connectivity index (χ2v) is 6.23. The highest BCUT2D eigenvalue weighted by Gasteiger charge is 2.33. The van der Waals surface area contributed by atoms with Crippen LogP contribution < -0.4 is 21.3 Å². The van der Waals surface area contributed by atoms with Crippen LogP contribution in [0.25, 0.3) is 6.08 Å². The molecule has 1 atom stereocenters. The zero-order chi connectivity index (χ0) is 18.8. The van der Waals surface area contributed by atoms with Crippen LogP contribution in [0.3, 0.4) is 0 Å². The van der Waals surface area contributed by atoms with E-state index in [1.54, 1.807) is 12.3 Å². The van der Waals surface area contributed by atoms with E-state index in [2.05, 4.69) is 56.2 Å². The summed E-state index contributed by atoms with van der Waals surface area (Å²) in [5, 5.41) is 11.0. The molecule has 1 unspecified atom stereocenters. The highest BCUT2D eigenvalue weighted by Crippen LogP contribution is 2.40. The summed E-state index contributed by atoms with van der Waals surface area (Å²) in [4.78, 5) is 11.2. The molecule has 0 fully saturated rings. The summed E-state index contributed by atoms with van der Waals surface area (Å²) in [6.07, 6.45) is 5.26. The Kier molecular flexibility index (Phi) is 4.37. The number of nitrogens with one attached hydrogen (secondary N) is 2. The van der Waals surface area contributed by atoms with Crippen molar-refractivity contribution in [3.8, 4) is 0 Å². The van der Waals surface area contributed by atoms with E-state index in [4.69, 9.17) is 5.73 Å². The fraction of sp³-hybridized carbons (Fsp3) is 0.211. The Hall–Kier alpha value is -3.55. The van der Waals surface area contributed by atoms with Crippen molar-refractivity contribution in [2.75, 3.05) is 27.8 Å². The van der Waals surface area contributed by atoms with Crippen molar-refractivity contribution in [2.45, 2.75) is 19.8 Å². The summed E-state index contributed by atoms with van der Waals surface area (Å²) in [5.41, 5.74) is 9.03. The van der Waals surface area contributed by atoms with Gasteiger partial charge < -0.3 is 21.3 Å². The number of nitrogen functional groups attached to an aromatic ring is 1. The van der Waals surface area contributed by atoms with Crippen LogP contribution in [-0.2, 0) is 6.54 Å². The molecule has 1 aliphatic rings. The Morgan fingerprint density at radius 2 is 2.11 bits per heavy atom. The van der Waals surface area contributed by atoms with Crippen LogP contribution in [0.2, 0.25) is 0 Å². The maximum atomic E-state index is 6.20. The molecular formula is C19H22N8. The second kappa shape index (κ2) is 6.99. The first-order chi connectivity index (χ1) is 13.2. The van der Waals surface area contributed by atoms with Gasteiger partial charge in [0.05, 0.1) is 6.20 Å². The first-order valence-corrected chi connectivity index (χ1v) is 8.84. The summed E-state index contributed by atoms with van der Waals surface area (Å²) in [5.74, 6) is 1.68. The summed E-state index contributed by atoms with van der Waals surface area (Å²) < 4.78 is 1.83. The predicted molar refractivity (Wildman–Crippen MR) is 108 cm³/mol. The highest BCUT2D eigenvalue weighted by molar-refractivity contribution is 5.81. The molecule has 0 radical (unpaired) electrons. The average molecular weight is 362 g/mol. The first kappa shape index (κ1) is 16.9. The molecular weight excluding hydrogens is 340 g/mol. The van der Waals surface area contributed by atoms with Gasteiger partial charge in [0.25, 0.3) is 0 Å². The van der Waals surface area contributed by atoms with Crippen molar-refractivity contribution in [3.63, 3.8) is 0 Å². The van der Waals surface area contributed by atoms with Gasteiger partial charge in [-0.2, -0.15) is 15.1 Å². The van der Waals surface area contributed by atoms with E-state index in [9.17, 15) is 0 Å². The number of hydrogen-bond acceptors (Lipinski definition) is 7. The third-order valence-electron chi connectivity index (χ3n) is 4.50. The molecule has 1 aromatic carbocycles. The first-order valence-electron chi connectivity index (χ1n) is 8.84. The quantitative estimate of drug-likeness (QED) is 0.620. The molecule has 3 heterocycles. The Bertz CT molecular complexity index is 950. The van der Waals surface area contributed by atoms with Crippen LogP contribution in [0.1, 0.15) is 24.3 Å². The van der Waals surface area contributed by atoms with Gasteiger partial charge in [0.2, 0.25) is 5.95 Å². The summed E-state index contributed by atoms with van der Waals surface area (Å²) in [6, 6.07) is 10.1. The van der Waals surface area contributed by atoms with E-state index in [0.717, 1.165) is 29.2 Å². The highest BCUT2D eigenvalue weighted by atomic mass is 15.5. The van der Waals surface area contributed by atoms with E-state index >= 15 is 0 Å². The number of hydrogen-bond donors (Lipinski definition) is 3. The Morgan fingerprint density at radius 3 is 2.81 bits per heavy atom. The van der Waals surface area contributed by atoms with Crippen LogP contribution in [0.5, 0.6) is 0 Å². The Morgan fingerprint density at radius 1 is 1.30 bits per heavy atom. The smallest absolute Gasteiger partial charge is 0.227 e. The molecule has 0 amide bonds. The number of nitrogens with two attached hydrogens (primary N) is 1. The zero-order valence-electron chi connectivity index (χ0n) is 15.1. The molecule has 8 nitrogen and oxygen atoms in total. The van der Waals surface area contributed by atoms with Gasteiger partial charge in [0.15, 0.2) is 17.9 Å². The molecule has 4 rings (SSSR count). The topological polar surface area (TPSA) is 96.9 Å². The van der Waals surface area contributed by atoms with Gasteiger partial charge in [-0.05, 0) is 12.5 Å². The molecule has 4 N–H and O–H groups in total. The molecule has 0 spiro atoms. The largest absolute Gasteiger partial charge is 0.382 e. The normalized spacial score (nSPS) is 15.3. The lowest BCUT2D eigenvalue weighted by Crippen LogP contribution is -2.33. The van der Waals surface area contributed by atoms with Crippen LogP contribution >= 0.6 is 0 Å². The lowest BCUT2D eigenvalue weighted by Gasteiger charge is -2.24. The minimum Gasteiger partial charge on any atom is -0.382 e. The minimum absolute atomic E-state index is 0.209. The third-order valence-corrected chi connectivity index (χ3v) is 4.50. The van der Waals surface area contributed by atoms with Gasteiger partial charge in [-0.1, -0.05) is 43.0 Å². The van der Waals surface area contributed by atoms with Crippen LogP contribution in [0.15, 0.2) is 49.3 Å². The van der Waals surface area contributed by atoms with E-state index in [-0.39, 0.29) is 6.29 Å². The maximum Gasteiger partial charge on any atom is 0.227 e. The van der Waals surface area contributed by atoms with Crippen molar-refractivity contribution in [1.29, 1.82) is 0 Å². The Labute approximate surface area is 157 Å². The Balaban J connectivity index is 1.60. The second-order valence-electron chi connectivity index (χ2n) is 6.23. The summed E-state index contributed by atoms with van der Waals surface area (Å²) in [7, 11) is 0. The molecule has 0 saturated heterocycles. The number of aromatic nitrogens is 4. The zero-order valence-corrected chi connectivity index (χ0v) is 15.1. The molecule has 0 bridgehead atoms. The van der Waals surface area contributed by atoms with E-state index in [0.29, 0.717) is 18.3 Å². The number of rotatable bonds is 6. The maximum absolute atomic E-state index is 6.20. The molecule has 3 aromatic rings. The lowest BCUT2D eigenvalue weighted by atomic mass is 10.2. The number of benzene rings is 1. The lowest BCUT2D eigenvalue weighted by molar-refractivity contribution is 0.493. The van der Waals surface area contributed by atoms with Gasteiger partial charge in [0.1, 0.15) is 5.69 Å². The molecule has 8 heteroatoms. The molecule has 0 saturated carbocycles. The van der Waals surface area contributed by atoms with Gasteiger partial charge in [-0.15, -0.1) is 0 Å². The van der Waals surface area contributed by atoms with E-state index in [1.165, 1.54) is 0 Å². The van der Waals surface area contributed by atoms with Crippen molar-refractivity contribution in [3.05, 3.63) is 60.4 Å². The van der Waals surface area contributed by atoms with Gasteiger partial charge in [-0.3, -0.25) is 0 Å². The molecule has 0 aliphatic carbocycles. The van der Waals surface area contributed by atoms with Gasteiger partial charge in [-0.25, -0.2) is 4.68 Å². The van der Waals surface area contributed by atoms with E-state index < -0.39 is 0 Å². The van der Waals surface area contributed by atoms with Gasteiger partial charge >= 0.3 is 0 Å². The fourth-order valence-corrected chi connectivity index (χ4v) is 3.11. The van der Waals surface area contributed by atoms with Crippen molar-refractivity contribution in [2.24, 2.45) is 0 Å². The van der Waals surface area contributed by atoms with Crippen molar-refractivity contribution in [1.82, 2.24) is 19.7 Å². The summed E-state index contributed by atoms with van der Waals surface area (Å²) in [6.45, 7) is 7.22. The van der Waals surface area contributed by atoms with Crippen molar-refractivity contribution >= 4 is 29.3 Å². The average Bonchev–Trinajstić information content (AvgIpc) is 3.31. The SMILES string of the molecule is C=Cc1cnn(C2Nc3c(N)nc(NCc4ccccc4)nc3N2CC)c1. The van der Waals surface area contributed by atoms with Gasteiger partial charge in [0, 0.05) is 24.8 Å². The minimum atomic E-state index is -0.209. The third kappa shape index (κ3) is 3.17. The summed E-state index contributed by atoms with van der Waals surface area (Å²) >= 11 is 0. The number of fused-ring (bicyclic) bond motifs is 1. The standard InChI is InChI=1S/C19H22N8/c1-3-13-11-22-27(12-13)19-23-15-16(20)24-18(25-17(15)26(19)4-2)21-10-14-8-6-5-7-9-14/h3,5-9,11-12,19,23H,1,4,10H2,2H3,(H3,20,21,24,25). The van der Waals surface area contributed by atoms with E-state index in [1.807, 2.05) is 29.1 Å². The molecule has 1 aliphatic heterocycles. The fourth-order valence-electron chi connectivity index (χ4n) is 3.11. The molecule has 2 aromatic heterocycles. The number of nitrogens with zero attached hydrogens (tertiary/aromatic N) is 5. The van der Waals surface area contributed by atoms with Crippen LogP contribution in [-0.4, -0.2) is 26.3 Å². The monoisotopic (exact) mass is 362 g/mol.